The average molecular weight is 150 g/mol. The molecular formula is C5H6ClN3. The van der Waals surface area contributed by atoms with Crippen LogP contribution in [-0.2, 0) is 0 Å². The van der Waals surface area contributed by atoms with Crippen LogP contribution in [0.4, 0.5) is 0 Å². The van der Waals surface area contributed by atoms with Crippen molar-refractivity contribution in [1.82, 2.24) is 15.0 Å². The van der Waals surface area contributed by atoms with E-state index in [1.165, 1.54) is 0 Å². The standard InChI is InChI=1S/C5H6ClN3/c1-3-7-4(2)9-5(6)8-3/h1-2H3/i1D3,2D3. The van der Waals surface area contributed by atoms with Gasteiger partial charge in [-0.05, 0) is 25.3 Å². The predicted octanol–water partition coefficient (Wildman–Crippen LogP) is 1.14. The molecule has 4 heteroatoms. The molecule has 0 aliphatic heterocycles. The zero-order valence-corrected chi connectivity index (χ0v) is 4.98. The average Bonchev–Trinajstić information content (AvgIpc) is 1.99. The first-order valence-electron chi connectivity index (χ1n) is 5.03. The summed E-state index contributed by atoms with van der Waals surface area (Å²) in [6, 6.07) is 0. The maximum Gasteiger partial charge on any atom is 0.225 e. The van der Waals surface area contributed by atoms with Crippen molar-refractivity contribution < 1.29 is 8.22 Å². The van der Waals surface area contributed by atoms with Crippen molar-refractivity contribution in [2.45, 2.75) is 13.7 Å². The second-order valence-corrected chi connectivity index (χ2v) is 1.59. The zero-order chi connectivity index (χ0) is 11.9. The van der Waals surface area contributed by atoms with Crippen molar-refractivity contribution in [3.63, 3.8) is 0 Å². The van der Waals surface area contributed by atoms with E-state index in [0.29, 0.717) is 0 Å². The first kappa shape index (κ1) is 2.16. The van der Waals surface area contributed by atoms with Crippen LogP contribution in [0, 0.1) is 13.7 Å². The molecule has 48 valence electrons. The summed E-state index contributed by atoms with van der Waals surface area (Å²) in [5, 5.41) is -0.442. The van der Waals surface area contributed by atoms with Crippen LogP contribution < -0.4 is 0 Å². The summed E-state index contributed by atoms with van der Waals surface area (Å²) in [7, 11) is 0. The summed E-state index contributed by atoms with van der Waals surface area (Å²) >= 11 is 5.40. The van der Waals surface area contributed by atoms with Crippen LogP contribution in [0.3, 0.4) is 0 Å². The van der Waals surface area contributed by atoms with Crippen molar-refractivity contribution in [3.05, 3.63) is 16.9 Å². The number of hydrogen-bond acceptors (Lipinski definition) is 3. The van der Waals surface area contributed by atoms with Crippen LogP contribution in [0.25, 0.3) is 0 Å². The van der Waals surface area contributed by atoms with Crippen LogP contribution in [0.1, 0.15) is 19.9 Å². The molecule has 0 aliphatic rings. The molecule has 9 heavy (non-hydrogen) atoms. The molecule has 0 saturated carbocycles. The van der Waals surface area contributed by atoms with Gasteiger partial charge in [0.05, 0.1) is 0 Å². The van der Waals surface area contributed by atoms with E-state index in [1.807, 2.05) is 0 Å². The van der Waals surface area contributed by atoms with Crippen LogP contribution in [0.15, 0.2) is 0 Å². The number of hydrogen-bond donors (Lipinski definition) is 0. The molecule has 3 nitrogen and oxygen atoms in total. The van der Waals surface area contributed by atoms with Gasteiger partial charge < -0.3 is 0 Å². The lowest BCUT2D eigenvalue weighted by Gasteiger charge is -1.92. The summed E-state index contributed by atoms with van der Waals surface area (Å²) in [5.74, 6) is -1.23. The number of halogens is 1. The topological polar surface area (TPSA) is 38.7 Å². The van der Waals surface area contributed by atoms with Gasteiger partial charge >= 0.3 is 0 Å². The third kappa shape index (κ3) is 1.61. The van der Waals surface area contributed by atoms with E-state index in [2.05, 4.69) is 15.0 Å². The number of aromatic nitrogens is 3. The van der Waals surface area contributed by atoms with Gasteiger partial charge in [-0.25, -0.2) is 15.0 Å². The normalized spacial score (nSPS) is 22.3. The molecule has 0 unspecified atom stereocenters. The van der Waals surface area contributed by atoms with Crippen LogP contribution >= 0.6 is 11.6 Å². The fourth-order valence-corrected chi connectivity index (χ4v) is 0.510. The molecular weight excluding hydrogens is 138 g/mol. The van der Waals surface area contributed by atoms with Crippen molar-refractivity contribution in [2.75, 3.05) is 0 Å². The Bertz CT molecular complexity index is 340. The molecule has 0 fully saturated rings. The third-order valence-electron chi connectivity index (χ3n) is 0.608. The fourth-order valence-electron chi connectivity index (χ4n) is 0.350. The Kier molecular flexibility index (Phi) is 0.545. The Hall–Kier alpha value is -0.700. The Balaban J connectivity index is 3.30. The van der Waals surface area contributed by atoms with Gasteiger partial charge in [-0.2, -0.15) is 0 Å². The first-order valence-corrected chi connectivity index (χ1v) is 2.41. The second kappa shape index (κ2) is 2.27. The van der Waals surface area contributed by atoms with Gasteiger partial charge in [0.2, 0.25) is 5.28 Å². The molecule has 0 aliphatic carbocycles. The SMILES string of the molecule is [2H]C([2H])([2H])c1nc(Cl)nc(C([2H])([2H])[2H])n1. The molecule has 0 aromatic carbocycles. The minimum atomic E-state index is -2.60. The van der Waals surface area contributed by atoms with E-state index in [9.17, 15) is 0 Å². The summed E-state index contributed by atoms with van der Waals surface area (Å²) in [4.78, 5) is 10.0. The molecule has 0 atom stereocenters. The van der Waals surface area contributed by atoms with Crippen molar-refractivity contribution in [3.8, 4) is 0 Å². The van der Waals surface area contributed by atoms with Gasteiger partial charge in [-0.3, -0.25) is 0 Å². The quantitative estimate of drug-likeness (QED) is 0.556. The first-order chi connectivity index (χ1) is 6.60. The van der Waals surface area contributed by atoms with E-state index >= 15 is 0 Å². The van der Waals surface area contributed by atoms with Gasteiger partial charge in [0.15, 0.2) is 0 Å². The summed E-state index contributed by atoms with van der Waals surface area (Å²) in [6.45, 7) is -5.21. The highest BCUT2D eigenvalue weighted by Crippen LogP contribution is 1.98. The van der Waals surface area contributed by atoms with Gasteiger partial charge in [0, 0.05) is 8.22 Å². The van der Waals surface area contributed by atoms with Crippen molar-refractivity contribution in [1.29, 1.82) is 0 Å². The van der Waals surface area contributed by atoms with Crippen LogP contribution in [-0.4, -0.2) is 15.0 Å². The van der Waals surface area contributed by atoms with E-state index in [1.54, 1.807) is 0 Å². The molecule has 1 rings (SSSR count). The summed E-state index contributed by atoms with van der Waals surface area (Å²) < 4.78 is 42.1. The van der Waals surface area contributed by atoms with Crippen LogP contribution in [0.2, 0.25) is 5.28 Å². The highest BCUT2D eigenvalue weighted by atomic mass is 35.5. The lowest BCUT2D eigenvalue weighted by molar-refractivity contribution is 0.920. The maximum atomic E-state index is 7.01. The number of rotatable bonds is 0. The van der Waals surface area contributed by atoms with E-state index in [4.69, 9.17) is 19.8 Å². The van der Waals surface area contributed by atoms with Gasteiger partial charge in [-0.15, -0.1) is 0 Å². The van der Waals surface area contributed by atoms with E-state index in [0.717, 1.165) is 0 Å². The third-order valence-corrected chi connectivity index (χ3v) is 0.777. The molecule has 0 saturated heterocycles. The van der Waals surface area contributed by atoms with Gasteiger partial charge in [0.1, 0.15) is 11.6 Å². The molecule has 0 radical (unpaired) electrons. The van der Waals surface area contributed by atoms with Gasteiger partial charge in [0.25, 0.3) is 0 Å². The predicted molar refractivity (Wildman–Crippen MR) is 34.3 cm³/mol. The van der Waals surface area contributed by atoms with E-state index in [-0.39, 0.29) is 0 Å². The molecule has 0 spiro atoms. The number of nitrogens with zero attached hydrogens (tertiary/aromatic N) is 3. The van der Waals surface area contributed by atoms with Crippen molar-refractivity contribution >= 4 is 11.6 Å². The molecule has 1 heterocycles. The molecule has 0 bridgehead atoms. The van der Waals surface area contributed by atoms with Crippen molar-refractivity contribution in [2.24, 2.45) is 0 Å². The molecule has 1 aromatic heterocycles. The van der Waals surface area contributed by atoms with Gasteiger partial charge in [-0.1, -0.05) is 0 Å². The molecule has 0 N–H and O–H groups in total. The Labute approximate surface area is 66.6 Å². The summed E-state index contributed by atoms with van der Waals surface area (Å²) in [6.07, 6.45) is 0. The largest absolute Gasteiger partial charge is 0.225 e. The summed E-state index contributed by atoms with van der Waals surface area (Å²) in [5.41, 5.74) is 0. The molecule has 1 aromatic rings. The lowest BCUT2D eigenvalue weighted by atomic mass is 10.6. The maximum absolute atomic E-state index is 7.01. The molecule has 0 amide bonds. The zero-order valence-electron chi connectivity index (χ0n) is 10.2. The van der Waals surface area contributed by atoms with Crippen LogP contribution in [0.5, 0.6) is 0 Å². The smallest absolute Gasteiger partial charge is 0.219 e. The highest BCUT2D eigenvalue weighted by molar-refractivity contribution is 6.28. The lowest BCUT2D eigenvalue weighted by Crippen LogP contribution is -1.94. The monoisotopic (exact) mass is 149 g/mol. The Morgan fingerprint density at radius 3 is 2.22 bits per heavy atom. The Morgan fingerprint density at radius 1 is 1.22 bits per heavy atom. The minimum Gasteiger partial charge on any atom is -0.219 e. The fraction of sp³-hybridized carbons (Fsp3) is 0.400. The number of aryl methyl sites for hydroxylation is 2. The highest BCUT2D eigenvalue weighted by Gasteiger charge is 1.93. The Morgan fingerprint density at radius 2 is 1.78 bits per heavy atom. The minimum absolute atomic E-state index is 0.442. The van der Waals surface area contributed by atoms with E-state index < -0.39 is 30.6 Å². The second-order valence-electron chi connectivity index (χ2n) is 1.25.